The highest BCUT2D eigenvalue weighted by atomic mass is 16.4. The maximum absolute atomic E-state index is 10.5. The monoisotopic (exact) mass is 208 g/mol. The van der Waals surface area contributed by atoms with Crippen molar-refractivity contribution < 1.29 is 9.90 Å². The first-order chi connectivity index (χ1) is 7.11. The van der Waals surface area contributed by atoms with Crippen LogP contribution in [-0.2, 0) is 4.79 Å². The number of nitrogens with zero attached hydrogens (tertiary/aromatic N) is 2. The molecule has 4 nitrogen and oxygen atoms in total. The minimum absolute atomic E-state index is 0.153. The third kappa shape index (κ3) is 3.58. The third-order valence-corrected chi connectivity index (χ3v) is 2.18. The molecular weight excluding hydrogens is 192 g/mol. The summed E-state index contributed by atoms with van der Waals surface area (Å²) in [6.07, 6.45) is 3.58. The van der Waals surface area contributed by atoms with Gasteiger partial charge in [-0.3, -0.25) is 9.78 Å². The lowest BCUT2D eigenvalue weighted by Crippen LogP contribution is -2.32. The molecule has 0 amide bonds. The molecule has 1 heterocycles. The second kappa shape index (κ2) is 5.34. The van der Waals surface area contributed by atoms with Gasteiger partial charge in [0.15, 0.2) is 0 Å². The van der Waals surface area contributed by atoms with E-state index in [1.807, 2.05) is 26.0 Å². The zero-order valence-corrected chi connectivity index (χ0v) is 9.05. The molecule has 1 aromatic heterocycles. The molecule has 1 aromatic rings. The molecule has 0 saturated carbocycles. The van der Waals surface area contributed by atoms with Crippen molar-refractivity contribution in [3.8, 4) is 0 Å². The molecule has 0 aliphatic rings. The van der Waals surface area contributed by atoms with Gasteiger partial charge in [0, 0.05) is 30.7 Å². The molecule has 0 aromatic carbocycles. The largest absolute Gasteiger partial charge is 0.481 e. The van der Waals surface area contributed by atoms with Crippen molar-refractivity contribution in [3.63, 3.8) is 0 Å². The zero-order valence-electron chi connectivity index (χ0n) is 9.05. The van der Waals surface area contributed by atoms with Gasteiger partial charge in [-0.1, -0.05) is 0 Å². The van der Waals surface area contributed by atoms with Crippen LogP contribution < -0.4 is 4.90 Å². The molecule has 0 radical (unpaired) electrons. The SMILES string of the molecule is CC(C)N(CCC(=O)O)c1ccncc1. The maximum Gasteiger partial charge on any atom is 0.305 e. The summed E-state index contributed by atoms with van der Waals surface area (Å²) >= 11 is 0. The van der Waals surface area contributed by atoms with Crippen LogP contribution >= 0.6 is 0 Å². The second-order valence-electron chi connectivity index (χ2n) is 3.64. The summed E-state index contributed by atoms with van der Waals surface area (Å²) in [6.45, 7) is 4.61. The molecule has 4 heteroatoms. The Kier molecular flexibility index (Phi) is 4.09. The van der Waals surface area contributed by atoms with Gasteiger partial charge in [-0.15, -0.1) is 0 Å². The number of aliphatic carboxylic acids is 1. The van der Waals surface area contributed by atoms with Gasteiger partial charge in [-0.25, -0.2) is 0 Å². The summed E-state index contributed by atoms with van der Waals surface area (Å²) in [7, 11) is 0. The Morgan fingerprint density at radius 1 is 1.47 bits per heavy atom. The van der Waals surface area contributed by atoms with Crippen LogP contribution in [0.4, 0.5) is 5.69 Å². The van der Waals surface area contributed by atoms with Crippen molar-refractivity contribution in [1.82, 2.24) is 4.98 Å². The molecule has 0 aliphatic heterocycles. The topological polar surface area (TPSA) is 53.4 Å². The fourth-order valence-corrected chi connectivity index (χ4v) is 1.44. The van der Waals surface area contributed by atoms with Gasteiger partial charge in [-0.2, -0.15) is 0 Å². The highest BCUT2D eigenvalue weighted by Crippen LogP contribution is 2.15. The average Bonchev–Trinajstić information content (AvgIpc) is 2.18. The Labute approximate surface area is 89.6 Å². The molecule has 15 heavy (non-hydrogen) atoms. The van der Waals surface area contributed by atoms with Crippen LogP contribution in [0.15, 0.2) is 24.5 Å². The van der Waals surface area contributed by atoms with E-state index in [9.17, 15) is 4.79 Å². The fraction of sp³-hybridized carbons (Fsp3) is 0.455. The van der Waals surface area contributed by atoms with E-state index in [0.29, 0.717) is 6.54 Å². The van der Waals surface area contributed by atoms with Crippen LogP contribution in [0.1, 0.15) is 20.3 Å². The molecule has 0 fully saturated rings. The standard InChI is InChI=1S/C11H16N2O2/c1-9(2)13(8-5-11(14)15)10-3-6-12-7-4-10/h3-4,6-7,9H,5,8H2,1-2H3,(H,14,15). The molecule has 0 spiro atoms. The Morgan fingerprint density at radius 3 is 2.53 bits per heavy atom. The van der Waals surface area contributed by atoms with Crippen LogP contribution in [0, 0.1) is 0 Å². The highest BCUT2D eigenvalue weighted by Gasteiger charge is 2.11. The lowest BCUT2D eigenvalue weighted by Gasteiger charge is -2.28. The minimum Gasteiger partial charge on any atom is -0.481 e. The molecule has 0 atom stereocenters. The number of rotatable bonds is 5. The highest BCUT2D eigenvalue weighted by molar-refractivity contribution is 5.67. The van der Waals surface area contributed by atoms with E-state index in [2.05, 4.69) is 9.88 Å². The second-order valence-corrected chi connectivity index (χ2v) is 3.64. The number of aromatic nitrogens is 1. The Bertz CT molecular complexity index is 312. The van der Waals surface area contributed by atoms with Crippen LogP contribution in [0.3, 0.4) is 0 Å². The molecule has 0 unspecified atom stereocenters. The molecule has 1 N–H and O–H groups in total. The molecular formula is C11H16N2O2. The predicted molar refractivity (Wildman–Crippen MR) is 59.0 cm³/mol. The number of carbonyl (C=O) groups is 1. The van der Waals surface area contributed by atoms with E-state index < -0.39 is 5.97 Å². The number of hydrogen-bond donors (Lipinski definition) is 1. The molecule has 0 aliphatic carbocycles. The van der Waals surface area contributed by atoms with E-state index in [1.165, 1.54) is 0 Å². The summed E-state index contributed by atoms with van der Waals surface area (Å²) in [5, 5.41) is 8.65. The Hall–Kier alpha value is -1.58. The Morgan fingerprint density at radius 2 is 2.07 bits per heavy atom. The summed E-state index contributed by atoms with van der Waals surface area (Å²) < 4.78 is 0. The summed E-state index contributed by atoms with van der Waals surface area (Å²) in [5.74, 6) is -0.769. The average molecular weight is 208 g/mol. The first-order valence-corrected chi connectivity index (χ1v) is 4.99. The molecule has 0 saturated heterocycles. The number of carboxylic acid groups (broad SMARTS) is 1. The van der Waals surface area contributed by atoms with Crippen LogP contribution in [0.5, 0.6) is 0 Å². The first kappa shape index (κ1) is 11.5. The lowest BCUT2D eigenvalue weighted by atomic mass is 10.2. The van der Waals surface area contributed by atoms with Gasteiger partial charge >= 0.3 is 5.97 Å². The molecule has 82 valence electrons. The van der Waals surface area contributed by atoms with Crippen molar-refractivity contribution in [3.05, 3.63) is 24.5 Å². The van der Waals surface area contributed by atoms with E-state index in [0.717, 1.165) is 5.69 Å². The van der Waals surface area contributed by atoms with Gasteiger partial charge in [-0.05, 0) is 26.0 Å². The van der Waals surface area contributed by atoms with Crippen molar-refractivity contribution in [1.29, 1.82) is 0 Å². The predicted octanol–water partition coefficient (Wildman–Crippen LogP) is 1.77. The van der Waals surface area contributed by atoms with E-state index in [-0.39, 0.29) is 12.5 Å². The van der Waals surface area contributed by atoms with E-state index >= 15 is 0 Å². The zero-order chi connectivity index (χ0) is 11.3. The summed E-state index contributed by atoms with van der Waals surface area (Å²) in [6, 6.07) is 4.07. The van der Waals surface area contributed by atoms with Gasteiger partial charge < -0.3 is 10.0 Å². The van der Waals surface area contributed by atoms with Crippen molar-refractivity contribution in [2.24, 2.45) is 0 Å². The normalized spacial score (nSPS) is 10.3. The van der Waals surface area contributed by atoms with E-state index in [1.54, 1.807) is 12.4 Å². The Balaban J connectivity index is 2.70. The van der Waals surface area contributed by atoms with Gasteiger partial charge in [0.25, 0.3) is 0 Å². The van der Waals surface area contributed by atoms with Crippen LogP contribution in [-0.4, -0.2) is 28.6 Å². The van der Waals surface area contributed by atoms with Gasteiger partial charge in [0.2, 0.25) is 0 Å². The van der Waals surface area contributed by atoms with Crippen LogP contribution in [0.2, 0.25) is 0 Å². The molecule has 1 rings (SSSR count). The quantitative estimate of drug-likeness (QED) is 0.801. The smallest absolute Gasteiger partial charge is 0.305 e. The maximum atomic E-state index is 10.5. The summed E-state index contributed by atoms with van der Waals surface area (Å²) in [5.41, 5.74) is 1.02. The van der Waals surface area contributed by atoms with Crippen molar-refractivity contribution in [2.75, 3.05) is 11.4 Å². The van der Waals surface area contributed by atoms with Gasteiger partial charge in [0.05, 0.1) is 6.42 Å². The summed E-state index contributed by atoms with van der Waals surface area (Å²) in [4.78, 5) is 16.5. The number of pyridine rings is 1. The van der Waals surface area contributed by atoms with Crippen LogP contribution in [0.25, 0.3) is 0 Å². The van der Waals surface area contributed by atoms with Gasteiger partial charge in [0.1, 0.15) is 0 Å². The number of anilines is 1. The van der Waals surface area contributed by atoms with E-state index in [4.69, 9.17) is 5.11 Å². The minimum atomic E-state index is -0.769. The van der Waals surface area contributed by atoms with Crippen molar-refractivity contribution >= 4 is 11.7 Å². The van der Waals surface area contributed by atoms with Crippen molar-refractivity contribution in [2.45, 2.75) is 26.3 Å². The number of carboxylic acids is 1. The number of hydrogen-bond acceptors (Lipinski definition) is 3. The molecule has 0 bridgehead atoms. The first-order valence-electron chi connectivity index (χ1n) is 4.99. The fourth-order valence-electron chi connectivity index (χ4n) is 1.44. The third-order valence-electron chi connectivity index (χ3n) is 2.18. The lowest BCUT2D eigenvalue weighted by molar-refractivity contribution is -0.136.